The minimum Gasteiger partial charge on any atom is -0.385 e. The number of anilines is 1. The van der Waals surface area contributed by atoms with Crippen LogP contribution in [0.15, 0.2) is 24.4 Å². The number of hydrogen-bond donors (Lipinski definition) is 2. The van der Waals surface area contributed by atoms with Crippen molar-refractivity contribution in [1.82, 2.24) is 10.3 Å². The molecule has 0 atom stereocenters. The van der Waals surface area contributed by atoms with Gasteiger partial charge in [-0.25, -0.2) is 0 Å². The molecule has 4 nitrogen and oxygen atoms in total. The predicted octanol–water partition coefficient (Wildman–Crippen LogP) is 3.47. The summed E-state index contributed by atoms with van der Waals surface area (Å²) in [4.78, 5) is 17.4. The first-order valence-corrected chi connectivity index (χ1v) is 7.52. The summed E-state index contributed by atoms with van der Waals surface area (Å²) < 4.78 is 0.722. The molecule has 2 N–H and O–H groups in total. The van der Waals surface area contributed by atoms with Gasteiger partial charge in [-0.1, -0.05) is 11.6 Å². The van der Waals surface area contributed by atoms with E-state index in [-0.39, 0.29) is 5.91 Å². The molecule has 0 aliphatic carbocycles. The maximum atomic E-state index is 12.2. The molecule has 1 amide bonds. The van der Waals surface area contributed by atoms with Gasteiger partial charge in [-0.05, 0) is 32.0 Å². The molecule has 0 unspecified atom stereocenters. The lowest BCUT2D eigenvalue weighted by molar-refractivity contribution is 0.0951. The summed E-state index contributed by atoms with van der Waals surface area (Å²) in [6, 6.07) is 5.61. The Bertz CT molecular complexity index is 612. The fraction of sp³-hybridized carbons (Fsp3) is 0.286. The Morgan fingerprint density at radius 1 is 1.45 bits per heavy atom. The maximum absolute atomic E-state index is 12.2. The van der Waals surface area contributed by atoms with Gasteiger partial charge < -0.3 is 10.6 Å². The van der Waals surface area contributed by atoms with Crippen molar-refractivity contribution in [1.29, 1.82) is 0 Å². The lowest BCUT2D eigenvalue weighted by Gasteiger charge is -2.11. The molecule has 0 radical (unpaired) electrons. The van der Waals surface area contributed by atoms with Crippen LogP contribution in [0.2, 0.25) is 4.34 Å². The van der Waals surface area contributed by atoms with Crippen LogP contribution in [-0.2, 0) is 6.54 Å². The van der Waals surface area contributed by atoms with Gasteiger partial charge >= 0.3 is 0 Å². The number of hydrogen-bond acceptors (Lipinski definition) is 4. The largest absolute Gasteiger partial charge is 0.385 e. The quantitative estimate of drug-likeness (QED) is 0.889. The minimum absolute atomic E-state index is 0.141. The van der Waals surface area contributed by atoms with Gasteiger partial charge in [0.15, 0.2) is 0 Å². The standard InChI is InChI=1S/C14H16ClN3OS/c1-3-16-12-6-9(2)17-8-11(12)14(19)18-7-10-4-5-13(15)20-10/h4-6,8H,3,7H2,1-2H3,(H,16,17)(H,18,19). The van der Waals surface area contributed by atoms with Crippen molar-refractivity contribution in [3.63, 3.8) is 0 Å². The normalized spacial score (nSPS) is 10.3. The fourth-order valence-corrected chi connectivity index (χ4v) is 2.81. The molecular weight excluding hydrogens is 294 g/mol. The highest BCUT2D eigenvalue weighted by molar-refractivity contribution is 7.16. The van der Waals surface area contributed by atoms with Crippen LogP contribution in [-0.4, -0.2) is 17.4 Å². The molecule has 0 bridgehead atoms. The lowest BCUT2D eigenvalue weighted by Crippen LogP contribution is -2.24. The number of nitrogens with zero attached hydrogens (tertiary/aromatic N) is 1. The summed E-state index contributed by atoms with van der Waals surface area (Å²) in [6.45, 7) is 5.11. The number of carbonyl (C=O) groups excluding carboxylic acids is 1. The Balaban J connectivity index is 2.08. The molecule has 2 heterocycles. The van der Waals surface area contributed by atoms with Gasteiger partial charge in [0, 0.05) is 23.3 Å². The van der Waals surface area contributed by atoms with Crippen molar-refractivity contribution in [2.24, 2.45) is 0 Å². The zero-order valence-corrected chi connectivity index (χ0v) is 12.9. The number of carbonyl (C=O) groups is 1. The van der Waals surface area contributed by atoms with E-state index in [1.54, 1.807) is 6.20 Å². The fourth-order valence-electron chi connectivity index (χ4n) is 1.79. The molecule has 0 fully saturated rings. The molecule has 0 saturated heterocycles. The van der Waals surface area contributed by atoms with Gasteiger partial charge in [0.2, 0.25) is 0 Å². The molecule has 0 saturated carbocycles. The first-order valence-electron chi connectivity index (χ1n) is 6.33. The highest BCUT2D eigenvalue weighted by atomic mass is 35.5. The summed E-state index contributed by atoms with van der Waals surface area (Å²) in [7, 11) is 0. The van der Waals surface area contributed by atoms with Crippen LogP contribution in [0, 0.1) is 6.92 Å². The third kappa shape index (κ3) is 3.71. The Kier molecular flexibility index (Phi) is 4.98. The smallest absolute Gasteiger partial charge is 0.255 e. The topological polar surface area (TPSA) is 54.0 Å². The van der Waals surface area contributed by atoms with Gasteiger partial charge in [-0.2, -0.15) is 0 Å². The summed E-state index contributed by atoms with van der Waals surface area (Å²) in [5, 5.41) is 6.06. The molecule has 2 aromatic rings. The molecule has 106 valence electrons. The van der Waals surface area contributed by atoms with E-state index in [2.05, 4.69) is 15.6 Å². The average Bonchev–Trinajstić information content (AvgIpc) is 2.82. The Labute approximate surface area is 127 Å². The third-order valence-corrected chi connectivity index (χ3v) is 3.94. The Morgan fingerprint density at radius 3 is 2.90 bits per heavy atom. The van der Waals surface area contributed by atoms with Crippen molar-refractivity contribution >= 4 is 34.5 Å². The van der Waals surface area contributed by atoms with Crippen molar-refractivity contribution < 1.29 is 4.79 Å². The molecule has 0 aliphatic rings. The molecular formula is C14H16ClN3OS. The molecule has 0 spiro atoms. The number of halogens is 1. The number of amides is 1. The van der Waals surface area contributed by atoms with E-state index in [9.17, 15) is 4.79 Å². The zero-order valence-electron chi connectivity index (χ0n) is 11.4. The molecule has 2 rings (SSSR count). The van der Waals surface area contributed by atoms with E-state index in [0.717, 1.165) is 27.1 Å². The number of nitrogens with one attached hydrogen (secondary N) is 2. The van der Waals surface area contributed by atoms with Gasteiger partial charge in [0.25, 0.3) is 5.91 Å². The van der Waals surface area contributed by atoms with Crippen molar-refractivity contribution in [2.75, 3.05) is 11.9 Å². The molecule has 2 aromatic heterocycles. The SMILES string of the molecule is CCNc1cc(C)ncc1C(=O)NCc1ccc(Cl)s1. The van der Waals surface area contributed by atoms with Crippen LogP contribution in [0.1, 0.15) is 27.9 Å². The number of aryl methyl sites for hydroxylation is 1. The van der Waals surface area contributed by atoms with E-state index in [0.29, 0.717) is 12.1 Å². The molecule has 0 aromatic carbocycles. The minimum atomic E-state index is -0.141. The molecule has 6 heteroatoms. The highest BCUT2D eigenvalue weighted by Crippen LogP contribution is 2.21. The number of thiophene rings is 1. The van der Waals surface area contributed by atoms with Crippen LogP contribution >= 0.6 is 22.9 Å². The van der Waals surface area contributed by atoms with E-state index >= 15 is 0 Å². The summed E-state index contributed by atoms with van der Waals surface area (Å²) in [5.41, 5.74) is 2.24. The summed E-state index contributed by atoms with van der Waals surface area (Å²) in [5.74, 6) is -0.141. The van der Waals surface area contributed by atoms with E-state index in [1.807, 2.05) is 32.0 Å². The van der Waals surface area contributed by atoms with Crippen LogP contribution in [0.5, 0.6) is 0 Å². The van der Waals surface area contributed by atoms with Crippen LogP contribution in [0.4, 0.5) is 5.69 Å². The van der Waals surface area contributed by atoms with Gasteiger partial charge in [-0.15, -0.1) is 11.3 Å². The number of aromatic nitrogens is 1. The monoisotopic (exact) mass is 309 g/mol. The lowest BCUT2D eigenvalue weighted by atomic mass is 10.2. The Morgan fingerprint density at radius 2 is 2.25 bits per heavy atom. The zero-order chi connectivity index (χ0) is 14.5. The molecule has 0 aliphatic heterocycles. The van der Waals surface area contributed by atoms with Gasteiger partial charge in [0.1, 0.15) is 0 Å². The van der Waals surface area contributed by atoms with Gasteiger partial charge in [-0.3, -0.25) is 9.78 Å². The second-order valence-electron chi connectivity index (χ2n) is 4.29. The second kappa shape index (κ2) is 6.72. The first-order chi connectivity index (χ1) is 9.60. The predicted molar refractivity (Wildman–Crippen MR) is 83.6 cm³/mol. The summed E-state index contributed by atoms with van der Waals surface area (Å²) >= 11 is 7.32. The highest BCUT2D eigenvalue weighted by Gasteiger charge is 2.12. The number of pyridine rings is 1. The summed E-state index contributed by atoms with van der Waals surface area (Å²) in [6.07, 6.45) is 1.60. The van der Waals surface area contributed by atoms with Crippen molar-refractivity contribution in [2.45, 2.75) is 20.4 Å². The number of rotatable bonds is 5. The van der Waals surface area contributed by atoms with Crippen LogP contribution in [0.25, 0.3) is 0 Å². The second-order valence-corrected chi connectivity index (χ2v) is 6.09. The third-order valence-electron chi connectivity index (χ3n) is 2.70. The van der Waals surface area contributed by atoms with Crippen LogP contribution < -0.4 is 10.6 Å². The van der Waals surface area contributed by atoms with Crippen LogP contribution in [0.3, 0.4) is 0 Å². The van der Waals surface area contributed by atoms with Gasteiger partial charge in [0.05, 0.1) is 22.1 Å². The average molecular weight is 310 g/mol. The Hall–Kier alpha value is -1.59. The van der Waals surface area contributed by atoms with Crippen molar-refractivity contribution in [3.8, 4) is 0 Å². The van der Waals surface area contributed by atoms with E-state index < -0.39 is 0 Å². The van der Waals surface area contributed by atoms with E-state index in [1.165, 1.54) is 11.3 Å². The molecule has 20 heavy (non-hydrogen) atoms. The maximum Gasteiger partial charge on any atom is 0.255 e. The van der Waals surface area contributed by atoms with E-state index in [4.69, 9.17) is 11.6 Å². The van der Waals surface area contributed by atoms with Crippen molar-refractivity contribution in [3.05, 3.63) is 44.9 Å². The first kappa shape index (κ1) is 14.8.